The first kappa shape index (κ1) is 35.7. The summed E-state index contributed by atoms with van der Waals surface area (Å²) >= 11 is 0. The van der Waals surface area contributed by atoms with Crippen LogP contribution in [-0.4, -0.2) is 0 Å². The lowest BCUT2D eigenvalue weighted by Gasteiger charge is -2.26. The average molecular weight is 766 g/mol. The summed E-state index contributed by atoms with van der Waals surface area (Å²) in [4.78, 5) is 2.37. The largest absolute Gasteiger partial charge is 0.311 e. The third-order valence-electron chi connectivity index (χ3n) is 12.7. The molecule has 10 aromatic rings. The first-order valence-electron chi connectivity index (χ1n) is 20.9. The molecule has 0 bridgehead atoms. The van der Waals surface area contributed by atoms with E-state index in [1.165, 1.54) is 88.3 Å². The van der Waals surface area contributed by atoms with Crippen LogP contribution in [0.1, 0.15) is 25.0 Å². The van der Waals surface area contributed by atoms with Gasteiger partial charge in [0.2, 0.25) is 0 Å². The molecule has 0 saturated carbocycles. The van der Waals surface area contributed by atoms with Crippen molar-refractivity contribution in [2.24, 2.45) is 0 Å². The summed E-state index contributed by atoms with van der Waals surface area (Å²) < 4.78 is 0. The molecule has 0 aliphatic heterocycles. The second-order valence-corrected chi connectivity index (χ2v) is 16.5. The first-order valence-corrected chi connectivity index (χ1v) is 20.9. The zero-order valence-electron chi connectivity index (χ0n) is 33.8. The van der Waals surface area contributed by atoms with E-state index in [1.54, 1.807) is 0 Å². The molecule has 0 N–H and O–H groups in total. The van der Waals surface area contributed by atoms with Crippen LogP contribution in [0.15, 0.2) is 224 Å². The van der Waals surface area contributed by atoms with Crippen LogP contribution in [0.4, 0.5) is 17.1 Å². The van der Waals surface area contributed by atoms with Crippen molar-refractivity contribution in [1.29, 1.82) is 0 Å². The quantitative estimate of drug-likeness (QED) is 0.156. The Labute approximate surface area is 352 Å². The molecule has 11 rings (SSSR count). The number of nitrogens with zero attached hydrogens (tertiary/aromatic N) is 1. The Morgan fingerprint density at radius 2 is 0.733 bits per heavy atom. The minimum Gasteiger partial charge on any atom is -0.311 e. The van der Waals surface area contributed by atoms with Crippen molar-refractivity contribution in [1.82, 2.24) is 0 Å². The fourth-order valence-corrected chi connectivity index (χ4v) is 9.53. The Hall–Kier alpha value is -7.48. The molecule has 0 radical (unpaired) electrons. The molecule has 0 aromatic heterocycles. The number of fused-ring (bicyclic) bond motifs is 5. The maximum absolute atomic E-state index is 2.37. The maximum Gasteiger partial charge on any atom is 0.0462 e. The molecule has 284 valence electrons. The summed E-state index contributed by atoms with van der Waals surface area (Å²) in [6.45, 7) is 4.70. The molecule has 1 heteroatoms. The van der Waals surface area contributed by atoms with Crippen LogP contribution in [-0.2, 0) is 5.41 Å². The van der Waals surface area contributed by atoms with E-state index in [4.69, 9.17) is 0 Å². The van der Waals surface area contributed by atoms with E-state index in [0.29, 0.717) is 0 Å². The Morgan fingerprint density at radius 1 is 0.300 bits per heavy atom. The Morgan fingerprint density at radius 3 is 1.43 bits per heavy atom. The van der Waals surface area contributed by atoms with Crippen LogP contribution < -0.4 is 4.90 Å². The van der Waals surface area contributed by atoms with Gasteiger partial charge in [-0.2, -0.15) is 0 Å². The first-order chi connectivity index (χ1) is 29.5. The molecule has 0 spiro atoms. The monoisotopic (exact) mass is 765 g/mol. The normalized spacial score (nSPS) is 12.6. The van der Waals surface area contributed by atoms with E-state index in [0.717, 1.165) is 17.1 Å². The molecular weight excluding hydrogens is 723 g/mol. The molecule has 0 atom stereocenters. The summed E-state index contributed by atoms with van der Waals surface area (Å²) in [6, 6.07) is 82.3. The van der Waals surface area contributed by atoms with Gasteiger partial charge in [-0.15, -0.1) is 0 Å². The van der Waals surface area contributed by atoms with Gasteiger partial charge < -0.3 is 4.90 Å². The highest BCUT2D eigenvalue weighted by Gasteiger charge is 2.36. The molecule has 0 saturated heterocycles. The lowest BCUT2D eigenvalue weighted by molar-refractivity contribution is 0.660. The highest BCUT2D eigenvalue weighted by atomic mass is 15.1. The van der Waals surface area contributed by atoms with Crippen molar-refractivity contribution in [3.8, 4) is 55.6 Å². The average Bonchev–Trinajstić information content (AvgIpc) is 3.55. The summed E-state index contributed by atoms with van der Waals surface area (Å²) in [5.41, 5.74) is 18.5. The van der Waals surface area contributed by atoms with Crippen molar-refractivity contribution < 1.29 is 0 Å². The molecule has 1 aliphatic rings. The highest BCUT2D eigenvalue weighted by Crippen LogP contribution is 2.52. The lowest BCUT2D eigenvalue weighted by atomic mass is 9.82. The third kappa shape index (κ3) is 6.10. The number of hydrogen-bond acceptors (Lipinski definition) is 1. The number of hydrogen-bond donors (Lipinski definition) is 0. The standard InChI is InChI=1S/C59H43N/c1-59(2)56-19-8-7-16-55(56)58-54(18-10-20-57(58)59)46-31-37-51(38-32-46)60(50-35-29-43(30-36-50)48-26-23-40-11-3-4-13-47(40)39-48)49-33-27-42(28-34-49)41-21-24-45(25-22-41)53-17-9-14-44-12-5-6-15-52(44)53/h3-39H,1-2H3. The van der Waals surface area contributed by atoms with Gasteiger partial charge in [-0.3, -0.25) is 0 Å². The lowest BCUT2D eigenvalue weighted by Crippen LogP contribution is -2.14. The smallest absolute Gasteiger partial charge is 0.0462 e. The molecule has 1 nitrogen and oxygen atoms in total. The van der Waals surface area contributed by atoms with Gasteiger partial charge in [0.15, 0.2) is 0 Å². The van der Waals surface area contributed by atoms with Crippen LogP contribution in [0, 0.1) is 0 Å². The van der Waals surface area contributed by atoms with E-state index < -0.39 is 0 Å². The number of rotatable bonds is 7. The van der Waals surface area contributed by atoms with E-state index in [1.807, 2.05) is 0 Å². The van der Waals surface area contributed by atoms with Gasteiger partial charge >= 0.3 is 0 Å². The summed E-state index contributed by atoms with van der Waals surface area (Å²) in [5, 5.41) is 5.04. The summed E-state index contributed by atoms with van der Waals surface area (Å²) in [6.07, 6.45) is 0. The van der Waals surface area contributed by atoms with Crippen LogP contribution >= 0.6 is 0 Å². The maximum atomic E-state index is 2.37. The predicted molar refractivity (Wildman–Crippen MR) is 255 cm³/mol. The van der Waals surface area contributed by atoms with E-state index in [9.17, 15) is 0 Å². The second-order valence-electron chi connectivity index (χ2n) is 16.5. The highest BCUT2D eigenvalue weighted by molar-refractivity contribution is 5.97. The number of anilines is 3. The second kappa shape index (κ2) is 14.4. The van der Waals surface area contributed by atoms with Gasteiger partial charge in [0.1, 0.15) is 0 Å². The molecule has 10 aromatic carbocycles. The van der Waals surface area contributed by atoms with Crippen LogP contribution in [0.3, 0.4) is 0 Å². The summed E-state index contributed by atoms with van der Waals surface area (Å²) in [5.74, 6) is 0. The van der Waals surface area contributed by atoms with E-state index in [-0.39, 0.29) is 5.41 Å². The third-order valence-corrected chi connectivity index (χ3v) is 12.7. The minimum atomic E-state index is -0.0390. The number of benzene rings is 10. The SMILES string of the molecule is CC1(C)c2ccccc2-c2c(-c3ccc(N(c4ccc(-c5ccc(-c6cccc7ccccc67)cc5)cc4)c4ccc(-c5ccc6ccccc6c5)cc4)cc3)cccc21. The van der Waals surface area contributed by atoms with E-state index in [2.05, 4.69) is 243 Å². The fourth-order valence-electron chi connectivity index (χ4n) is 9.53. The van der Waals surface area contributed by atoms with Gasteiger partial charge in [-0.1, -0.05) is 196 Å². The molecule has 0 unspecified atom stereocenters. The topological polar surface area (TPSA) is 3.24 Å². The fraction of sp³-hybridized carbons (Fsp3) is 0.0508. The van der Waals surface area contributed by atoms with E-state index >= 15 is 0 Å². The van der Waals surface area contributed by atoms with Crippen LogP contribution in [0.2, 0.25) is 0 Å². The van der Waals surface area contributed by atoms with Gasteiger partial charge in [0, 0.05) is 22.5 Å². The zero-order chi connectivity index (χ0) is 40.2. The molecule has 0 fully saturated rings. The molecule has 0 heterocycles. The predicted octanol–water partition coefficient (Wildman–Crippen LogP) is 16.4. The minimum absolute atomic E-state index is 0.0390. The molecular formula is C59H43N. The molecule has 0 amide bonds. The molecule has 60 heavy (non-hydrogen) atoms. The Kier molecular flexibility index (Phi) is 8.57. The van der Waals surface area contributed by atoms with Gasteiger partial charge in [-0.05, 0) is 131 Å². The van der Waals surface area contributed by atoms with Crippen molar-refractivity contribution in [3.63, 3.8) is 0 Å². The van der Waals surface area contributed by atoms with Crippen molar-refractivity contribution in [3.05, 3.63) is 236 Å². The molecule has 1 aliphatic carbocycles. The van der Waals surface area contributed by atoms with Crippen molar-refractivity contribution >= 4 is 38.6 Å². The van der Waals surface area contributed by atoms with Crippen molar-refractivity contribution in [2.75, 3.05) is 4.90 Å². The van der Waals surface area contributed by atoms with Crippen LogP contribution in [0.25, 0.3) is 77.2 Å². The Balaban J connectivity index is 0.952. The van der Waals surface area contributed by atoms with Crippen molar-refractivity contribution in [2.45, 2.75) is 19.3 Å². The Bertz CT molecular complexity index is 3180. The van der Waals surface area contributed by atoms with Gasteiger partial charge in [-0.25, -0.2) is 0 Å². The van der Waals surface area contributed by atoms with Gasteiger partial charge in [0.25, 0.3) is 0 Å². The zero-order valence-corrected chi connectivity index (χ0v) is 33.8. The van der Waals surface area contributed by atoms with Gasteiger partial charge in [0.05, 0.1) is 0 Å². The summed E-state index contributed by atoms with van der Waals surface area (Å²) in [7, 11) is 0. The van der Waals surface area contributed by atoms with Crippen LogP contribution in [0.5, 0.6) is 0 Å².